The zero-order chi connectivity index (χ0) is 18.2. The number of nitrogens with zero attached hydrogens (tertiary/aromatic N) is 1. The molecule has 0 aromatic heterocycles. The number of hydrogen-bond acceptors (Lipinski definition) is 4. The summed E-state index contributed by atoms with van der Waals surface area (Å²) >= 11 is 0. The number of ether oxygens (including phenoxy) is 2. The van der Waals surface area contributed by atoms with Gasteiger partial charge in [-0.3, -0.25) is 4.79 Å². The molecule has 1 aliphatic rings. The van der Waals surface area contributed by atoms with Crippen LogP contribution < -0.4 is 14.8 Å². The molecule has 25 heavy (non-hydrogen) atoms. The lowest BCUT2D eigenvalue weighted by Gasteiger charge is -2.31. The third kappa shape index (κ3) is 5.36. The summed E-state index contributed by atoms with van der Waals surface area (Å²) in [6.45, 7) is 3.61. The average Bonchev–Trinajstić information content (AvgIpc) is 2.65. The largest absolute Gasteiger partial charge is 0.496 e. The summed E-state index contributed by atoms with van der Waals surface area (Å²) in [4.78, 5) is 14.9. The first-order valence-electron chi connectivity index (χ1n) is 9.28. The van der Waals surface area contributed by atoms with Gasteiger partial charge in [-0.1, -0.05) is 19.3 Å². The van der Waals surface area contributed by atoms with E-state index in [9.17, 15) is 4.79 Å². The Morgan fingerprint density at radius 1 is 1.16 bits per heavy atom. The number of nitrogens with one attached hydrogen (secondary N) is 1. The van der Waals surface area contributed by atoms with E-state index < -0.39 is 0 Å². The molecule has 5 nitrogen and oxygen atoms in total. The van der Waals surface area contributed by atoms with Crippen LogP contribution in [0, 0.1) is 6.92 Å². The van der Waals surface area contributed by atoms with Crippen LogP contribution in [0.5, 0.6) is 11.5 Å². The van der Waals surface area contributed by atoms with Crippen LogP contribution >= 0.6 is 0 Å². The first-order valence-corrected chi connectivity index (χ1v) is 9.28. The minimum absolute atomic E-state index is 0.0862. The predicted octanol–water partition coefficient (Wildman–Crippen LogP) is 3.40. The van der Waals surface area contributed by atoms with Gasteiger partial charge in [0.05, 0.1) is 14.2 Å². The maximum Gasteiger partial charge on any atom is 0.251 e. The highest BCUT2D eigenvalue weighted by molar-refractivity contribution is 5.95. The van der Waals surface area contributed by atoms with Gasteiger partial charge >= 0.3 is 0 Å². The number of carbonyl (C=O) groups excluding carboxylic acids is 1. The van der Waals surface area contributed by atoms with E-state index in [0.29, 0.717) is 23.6 Å². The summed E-state index contributed by atoms with van der Waals surface area (Å²) in [7, 11) is 5.41. The smallest absolute Gasteiger partial charge is 0.251 e. The molecule has 0 aliphatic heterocycles. The number of carbonyl (C=O) groups is 1. The lowest BCUT2D eigenvalue weighted by molar-refractivity contribution is 0.0950. The van der Waals surface area contributed by atoms with Gasteiger partial charge in [0.2, 0.25) is 0 Å². The molecule has 1 N–H and O–H groups in total. The fourth-order valence-corrected chi connectivity index (χ4v) is 3.55. The highest BCUT2D eigenvalue weighted by Crippen LogP contribution is 2.29. The summed E-state index contributed by atoms with van der Waals surface area (Å²) in [5.74, 6) is 1.25. The zero-order valence-corrected chi connectivity index (χ0v) is 16.1. The van der Waals surface area contributed by atoms with Crippen molar-refractivity contribution in [3.63, 3.8) is 0 Å². The molecule has 5 heteroatoms. The van der Waals surface area contributed by atoms with Crippen molar-refractivity contribution in [3.05, 3.63) is 23.3 Å². The fraction of sp³-hybridized carbons (Fsp3) is 0.650. The SMILES string of the molecule is COc1cc(C(=O)NCCCN(C)C2CCCCC2)cc(OC)c1C. The highest BCUT2D eigenvalue weighted by Gasteiger charge is 2.17. The number of rotatable bonds is 8. The van der Waals surface area contributed by atoms with Gasteiger partial charge in [0.15, 0.2) is 0 Å². The molecule has 1 amide bonds. The van der Waals surface area contributed by atoms with E-state index in [2.05, 4.69) is 17.3 Å². The molecule has 0 atom stereocenters. The number of hydrogen-bond donors (Lipinski definition) is 1. The fourth-order valence-electron chi connectivity index (χ4n) is 3.55. The first-order chi connectivity index (χ1) is 12.1. The third-order valence-electron chi connectivity index (χ3n) is 5.19. The van der Waals surface area contributed by atoms with E-state index in [-0.39, 0.29) is 5.91 Å². The van der Waals surface area contributed by atoms with E-state index >= 15 is 0 Å². The van der Waals surface area contributed by atoms with Crippen LogP contribution in [0.3, 0.4) is 0 Å². The molecule has 0 heterocycles. The van der Waals surface area contributed by atoms with Crippen LogP contribution in [0.25, 0.3) is 0 Å². The Labute approximate surface area is 151 Å². The van der Waals surface area contributed by atoms with Crippen LogP contribution in [0.4, 0.5) is 0 Å². The Bertz CT molecular complexity index is 543. The van der Waals surface area contributed by atoms with E-state index in [1.165, 1.54) is 32.1 Å². The maximum atomic E-state index is 12.4. The third-order valence-corrected chi connectivity index (χ3v) is 5.19. The van der Waals surface area contributed by atoms with Crippen molar-refractivity contribution in [3.8, 4) is 11.5 Å². The monoisotopic (exact) mass is 348 g/mol. The topological polar surface area (TPSA) is 50.8 Å². The molecule has 0 saturated heterocycles. The molecule has 1 saturated carbocycles. The summed E-state index contributed by atoms with van der Waals surface area (Å²) in [6.07, 6.45) is 7.66. The lowest BCUT2D eigenvalue weighted by atomic mass is 9.94. The molecule has 1 fully saturated rings. The van der Waals surface area contributed by atoms with Crippen LogP contribution in [0.1, 0.15) is 54.4 Å². The van der Waals surface area contributed by atoms with Crippen LogP contribution in [0.15, 0.2) is 12.1 Å². The molecule has 0 radical (unpaired) electrons. The molecule has 1 aromatic carbocycles. The van der Waals surface area contributed by atoms with Gasteiger partial charge in [0.1, 0.15) is 11.5 Å². The second-order valence-electron chi connectivity index (χ2n) is 6.89. The van der Waals surface area contributed by atoms with Gasteiger partial charge in [-0.2, -0.15) is 0 Å². The molecule has 2 rings (SSSR count). The zero-order valence-electron chi connectivity index (χ0n) is 16.1. The molecule has 0 bridgehead atoms. The van der Waals surface area contributed by atoms with Crippen LogP contribution in [-0.2, 0) is 0 Å². The van der Waals surface area contributed by atoms with Crippen molar-refractivity contribution in [2.24, 2.45) is 0 Å². The molecule has 1 aromatic rings. The molecule has 1 aliphatic carbocycles. The van der Waals surface area contributed by atoms with Crippen molar-refractivity contribution in [2.45, 2.75) is 51.5 Å². The standard InChI is InChI=1S/C20H32N2O3/c1-15-18(24-3)13-16(14-19(15)25-4)20(23)21-11-8-12-22(2)17-9-6-5-7-10-17/h13-14,17H,5-12H2,1-4H3,(H,21,23). The van der Waals surface area contributed by atoms with Crippen LogP contribution in [-0.4, -0.2) is 51.2 Å². The van der Waals surface area contributed by atoms with E-state index in [0.717, 1.165) is 24.6 Å². The Balaban J connectivity index is 1.82. The van der Waals surface area contributed by atoms with E-state index in [1.807, 2.05) is 6.92 Å². The molecular weight excluding hydrogens is 316 g/mol. The lowest BCUT2D eigenvalue weighted by Crippen LogP contribution is -2.35. The van der Waals surface area contributed by atoms with Crippen molar-refractivity contribution in [2.75, 3.05) is 34.4 Å². The average molecular weight is 348 g/mol. The summed E-state index contributed by atoms with van der Waals surface area (Å²) in [5, 5.41) is 3.00. The minimum atomic E-state index is -0.0862. The Hall–Kier alpha value is -1.75. The predicted molar refractivity (Wildman–Crippen MR) is 101 cm³/mol. The Morgan fingerprint density at radius 2 is 1.76 bits per heavy atom. The Kier molecular flexibility index (Phi) is 7.56. The Morgan fingerprint density at radius 3 is 2.32 bits per heavy atom. The van der Waals surface area contributed by atoms with Crippen molar-refractivity contribution >= 4 is 5.91 Å². The van der Waals surface area contributed by atoms with Gasteiger partial charge in [-0.15, -0.1) is 0 Å². The number of benzene rings is 1. The first kappa shape index (κ1) is 19.6. The quantitative estimate of drug-likeness (QED) is 0.732. The van der Waals surface area contributed by atoms with Crippen molar-refractivity contribution in [1.82, 2.24) is 10.2 Å². The van der Waals surface area contributed by atoms with E-state index in [1.54, 1.807) is 26.4 Å². The van der Waals surface area contributed by atoms with Gasteiger partial charge < -0.3 is 19.7 Å². The minimum Gasteiger partial charge on any atom is -0.496 e. The van der Waals surface area contributed by atoms with Gasteiger partial charge in [-0.05, 0) is 51.9 Å². The second kappa shape index (κ2) is 9.66. The summed E-state index contributed by atoms with van der Waals surface area (Å²) in [6, 6.07) is 4.25. The normalized spacial score (nSPS) is 15.2. The van der Waals surface area contributed by atoms with Crippen LogP contribution in [0.2, 0.25) is 0 Å². The summed E-state index contributed by atoms with van der Waals surface area (Å²) < 4.78 is 10.7. The molecule has 0 spiro atoms. The van der Waals surface area contributed by atoms with Gasteiger partial charge in [0, 0.05) is 23.7 Å². The summed E-state index contributed by atoms with van der Waals surface area (Å²) in [5.41, 5.74) is 1.47. The van der Waals surface area contributed by atoms with Crippen molar-refractivity contribution < 1.29 is 14.3 Å². The van der Waals surface area contributed by atoms with E-state index in [4.69, 9.17) is 9.47 Å². The second-order valence-corrected chi connectivity index (χ2v) is 6.89. The van der Waals surface area contributed by atoms with Gasteiger partial charge in [0.25, 0.3) is 5.91 Å². The molecule has 0 unspecified atom stereocenters. The maximum absolute atomic E-state index is 12.4. The van der Waals surface area contributed by atoms with Crippen molar-refractivity contribution in [1.29, 1.82) is 0 Å². The molecule has 140 valence electrons. The highest BCUT2D eigenvalue weighted by atomic mass is 16.5. The number of amides is 1. The molecular formula is C20H32N2O3. The van der Waals surface area contributed by atoms with Gasteiger partial charge in [-0.25, -0.2) is 0 Å². The number of methoxy groups -OCH3 is 2.